The highest BCUT2D eigenvalue weighted by molar-refractivity contribution is 7.16. The third kappa shape index (κ3) is 4.14. The average molecular weight is 385 g/mol. The summed E-state index contributed by atoms with van der Waals surface area (Å²) in [6, 6.07) is 9.39. The minimum atomic E-state index is -0.139. The van der Waals surface area contributed by atoms with Gasteiger partial charge in [0.25, 0.3) is 5.91 Å². The van der Waals surface area contributed by atoms with Crippen molar-refractivity contribution in [3.63, 3.8) is 0 Å². The SMILES string of the molecule is COc1ccc(OC)c(CNC(=O)c2sc(-n3cccc3)nc2C(C)C)c1. The molecule has 2 heterocycles. The van der Waals surface area contributed by atoms with Crippen molar-refractivity contribution in [1.29, 1.82) is 0 Å². The van der Waals surface area contributed by atoms with Crippen molar-refractivity contribution in [2.24, 2.45) is 0 Å². The molecule has 0 atom stereocenters. The second-order valence-corrected chi connectivity index (χ2v) is 7.29. The molecule has 0 aliphatic carbocycles. The number of amides is 1. The van der Waals surface area contributed by atoms with Crippen LogP contribution in [0.3, 0.4) is 0 Å². The third-order valence-electron chi connectivity index (χ3n) is 4.15. The molecule has 6 nitrogen and oxygen atoms in total. The molecule has 0 spiro atoms. The van der Waals surface area contributed by atoms with E-state index in [1.807, 2.05) is 61.1 Å². The number of carbonyl (C=O) groups excluding carboxylic acids is 1. The van der Waals surface area contributed by atoms with Gasteiger partial charge in [-0.25, -0.2) is 4.98 Å². The zero-order valence-electron chi connectivity index (χ0n) is 15.9. The predicted octanol–water partition coefficient (Wildman–Crippen LogP) is 4.00. The zero-order chi connectivity index (χ0) is 19.4. The number of nitrogens with zero attached hydrogens (tertiary/aromatic N) is 2. The van der Waals surface area contributed by atoms with Crippen LogP contribution in [0.25, 0.3) is 5.13 Å². The summed E-state index contributed by atoms with van der Waals surface area (Å²) >= 11 is 1.39. The molecule has 0 bridgehead atoms. The third-order valence-corrected chi connectivity index (χ3v) is 5.23. The van der Waals surface area contributed by atoms with Gasteiger partial charge < -0.3 is 19.4 Å². The number of ether oxygens (including phenoxy) is 2. The highest BCUT2D eigenvalue weighted by Crippen LogP contribution is 2.28. The molecular formula is C20H23N3O3S. The lowest BCUT2D eigenvalue weighted by Gasteiger charge is -2.11. The molecule has 0 radical (unpaired) electrons. The van der Waals surface area contributed by atoms with Gasteiger partial charge >= 0.3 is 0 Å². The molecule has 7 heteroatoms. The number of thiazole rings is 1. The Morgan fingerprint density at radius 3 is 2.59 bits per heavy atom. The number of benzene rings is 1. The van der Waals surface area contributed by atoms with Gasteiger partial charge in [0.2, 0.25) is 0 Å². The molecular weight excluding hydrogens is 362 g/mol. The molecule has 0 aliphatic rings. The molecule has 1 N–H and O–H groups in total. The van der Waals surface area contributed by atoms with Crippen LogP contribution in [0, 0.1) is 0 Å². The zero-order valence-corrected chi connectivity index (χ0v) is 16.7. The van der Waals surface area contributed by atoms with Gasteiger partial charge in [0.05, 0.1) is 19.9 Å². The van der Waals surface area contributed by atoms with Crippen LogP contribution in [0.2, 0.25) is 0 Å². The Hall–Kier alpha value is -2.80. The fraction of sp³-hybridized carbons (Fsp3) is 0.300. The van der Waals surface area contributed by atoms with Crippen LogP contribution in [0.1, 0.15) is 40.7 Å². The summed E-state index contributed by atoms with van der Waals surface area (Å²) in [5, 5.41) is 3.77. The summed E-state index contributed by atoms with van der Waals surface area (Å²) in [6.07, 6.45) is 3.84. The Morgan fingerprint density at radius 1 is 1.22 bits per heavy atom. The predicted molar refractivity (Wildman–Crippen MR) is 106 cm³/mol. The number of aromatic nitrogens is 2. The molecule has 3 aromatic rings. The molecule has 0 unspecified atom stereocenters. The Labute approximate surface area is 162 Å². The van der Waals surface area contributed by atoms with E-state index in [0.717, 1.165) is 22.1 Å². The molecule has 27 heavy (non-hydrogen) atoms. The topological polar surface area (TPSA) is 65.4 Å². The van der Waals surface area contributed by atoms with Crippen LogP contribution in [0.15, 0.2) is 42.7 Å². The van der Waals surface area contributed by atoms with Crippen LogP contribution < -0.4 is 14.8 Å². The Balaban J connectivity index is 1.82. The quantitative estimate of drug-likeness (QED) is 0.667. The Morgan fingerprint density at radius 2 is 1.96 bits per heavy atom. The second kappa shape index (κ2) is 8.26. The van der Waals surface area contributed by atoms with Crippen molar-refractivity contribution in [3.8, 4) is 16.6 Å². The minimum Gasteiger partial charge on any atom is -0.497 e. The Bertz CT molecular complexity index is 917. The normalized spacial score (nSPS) is 10.9. The number of methoxy groups -OCH3 is 2. The fourth-order valence-electron chi connectivity index (χ4n) is 2.72. The molecule has 2 aromatic heterocycles. The summed E-state index contributed by atoms with van der Waals surface area (Å²) < 4.78 is 12.6. The highest BCUT2D eigenvalue weighted by atomic mass is 32.1. The summed E-state index contributed by atoms with van der Waals surface area (Å²) in [4.78, 5) is 18.2. The molecule has 0 aliphatic heterocycles. The van der Waals surface area contributed by atoms with E-state index in [-0.39, 0.29) is 11.8 Å². The first-order valence-corrected chi connectivity index (χ1v) is 9.48. The number of nitrogens with one attached hydrogen (secondary N) is 1. The van der Waals surface area contributed by atoms with Crippen molar-refractivity contribution in [2.75, 3.05) is 14.2 Å². The number of rotatable bonds is 7. The van der Waals surface area contributed by atoms with E-state index in [9.17, 15) is 4.79 Å². The smallest absolute Gasteiger partial charge is 0.263 e. The van der Waals surface area contributed by atoms with Gasteiger partial charge in [-0.1, -0.05) is 25.2 Å². The largest absolute Gasteiger partial charge is 0.497 e. The van der Waals surface area contributed by atoms with Crippen LogP contribution in [-0.2, 0) is 6.54 Å². The first-order valence-electron chi connectivity index (χ1n) is 8.66. The molecule has 1 amide bonds. The Kier molecular flexibility index (Phi) is 5.81. The lowest BCUT2D eigenvalue weighted by Crippen LogP contribution is -2.23. The monoisotopic (exact) mass is 385 g/mol. The van der Waals surface area contributed by atoms with Gasteiger partial charge in [0.15, 0.2) is 5.13 Å². The molecule has 1 aromatic carbocycles. The van der Waals surface area contributed by atoms with E-state index in [1.54, 1.807) is 14.2 Å². The van der Waals surface area contributed by atoms with E-state index in [2.05, 4.69) is 10.3 Å². The van der Waals surface area contributed by atoms with Gasteiger partial charge in [-0.3, -0.25) is 4.79 Å². The maximum absolute atomic E-state index is 12.9. The maximum atomic E-state index is 12.9. The van der Waals surface area contributed by atoms with Gasteiger partial charge in [-0.05, 0) is 36.2 Å². The van der Waals surface area contributed by atoms with Gasteiger partial charge in [-0.2, -0.15) is 0 Å². The van der Waals surface area contributed by atoms with E-state index in [1.165, 1.54) is 11.3 Å². The number of hydrogen-bond donors (Lipinski definition) is 1. The van der Waals surface area contributed by atoms with Crippen molar-refractivity contribution in [2.45, 2.75) is 26.3 Å². The summed E-state index contributed by atoms with van der Waals surface area (Å²) in [6.45, 7) is 4.42. The standard InChI is InChI=1S/C20H23N3O3S/c1-13(2)17-18(27-20(22-17)23-9-5-6-10-23)19(24)21-12-14-11-15(25-3)7-8-16(14)26-4/h5-11,13H,12H2,1-4H3,(H,21,24). The molecule has 0 fully saturated rings. The highest BCUT2D eigenvalue weighted by Gasteiger charge is 2.21. The molecule has 0 saturated heterocycles. The number of hydrogen-bond acceptors (Lipinski definition) is 5. The van der Waals surface area contributed by atoms with Crippen LogP contribution in [0.5, 0.6) is 11.5 Å². The molecule has 142 valence electrons. The lowest BCUT2D eigenvalue weighted by molar-refractivity contribution is 0.0953. The average Bonchev–Trinajstić information content (AvgIpc) is 3.35. The van der Waals surface area contributed by atoms with E-state index < -0.39 is 0 Å². The van der Waals surface area contributed by atoms with Gasteiger partial charge in [-0.15, -0.1) is 0 Å². The summed E-state index contributed by atoms with van der Waals surface area (Å²) in [7, 11) is 3.22. The summed E-state index contributed by atoms with van der Waals surface area (Å²) in [5.74, 6) is 1.44. The fourth-order valence-corrected chi connectivity index (χ4v) is 3.83. The van der Waals surface area contributed by atoms with Crippen molar-refractivity contribution in [3.05, 3.63) is 58.9 Å². The van der Waals surface area contributed by atoms with E-state index in [0.29, 0.717) is 17.2 Å². The summed E-state index contributed by atoms with van der Waals surface area (Å²) in [5.41, 5.74) is 1.66. The van der Waals surface area contributed by atoms with Crippen LogP contribution in [-0.4, -0.2) is 29.7 Å². The first-order chi connectivity index (χ1) is 13.0. The van der Waals surface area contributed by atoms with Crippen molar-refractivity contribution < 1.29 is 14.3 Å². The first kappa shape index (κ1) is 19.0. The van der Waals surface area contributed by atoms with E-state index >= 15 is 0 Å². The molecule has 3 rings (SSSR count). The van der Waals surface area contributed by atoms with Crippen LogP contribution in [0.4, 0.5) is 0 Å². The van der Waals surface area contributed by atoms with Gasteiger partial charge in [0.1, 0.15) is 16.4 Å². The molecule has 0 saturated carbocycles. The lowest BCUT2D eigenvalue weighted by atomic mass is 10.1. The van der Waals surface area contributed by atoms with Crippen LogP contribution >= 0.6 is 11.3 Å². The van der Waals surface area contributed by atoms with E-state index in [4.69, 9.17) is 9.47 Å². The van der Waals surface area contributed by atoms with Gasteiger partial charge in [0, 0.05) is 24.5 Å². The number of carbonyl (C=O) groups is 1. The van der Waals surface area contributed by atoms with Crippen molar-refractivity contribution in [1.82, 2.24) is 14.9 Å². The maximum Gasteiger partial charge on any atom is 0.263 e. The second-order valence-electron chi connectivity index (χ2n) is 6.32. The van der Waals surface area contributed by atoms with Crippen molar-refractivity contribution >= 4 is 17.2 Å². The minimum absolute atomic E-state index is 0.139.